The largest absolute Gasteiger partial charge is 0.478 e. The van der Waals surface area contributed by atoms with Gasteiger partial charge < -0.3 is 14.8 Å². The van der Waals surface area contributed by atoms with Crippen LogP contribution in [0.3, 0.4) is 0 Å². The molecule has 1 amide bonds. The predicted octanol–water partition coefficient (Wildman–Crippen LogP) is 2.57. The summed E-state index contributed by atoms with van der Waals surface area (Å²) in [5.41, 5.74) is -0.475. The van der Waals surface area contributed by atoms with Crippen LogP contribution in [-0.4, -0.2) is 31.1 Å². The lowest BCUT2D eigenvalue weighted by Gasteiger charge is -2.25. The van der Waals surface area contributed by atoms with Crippen LogP contribution < -0.4 is 10.1 Å². The zero-order valence-corrected chi connectivity index (χ0v) is 14.4. The van der Waals surface area contributed by atoms with E-state index >= 15 is 0 Å². The van der Waals surface area contributed by atoms with Gasteiger partial charge in [0, 0.05) is 13.0 Å². The maximum atomic E-state index is 12.2. The van der Waals surface area contributed by atoms with Crippen molar-refractivity contribution in [1.82, 2.24) is 5.32 Å². The number of carbonyl (C=O) groups excluding carboxylic acids is 2. The van der Waals surface area contributed by atoms with E-state index in [0.29, 0.717) is 24.3 Å². The van der Waals surface area contributed by atoms with Gasteiger partial charge in [0.1, 0.15) is 5.75 Å². The number of carbonyl (C=O) groups is 2. The average molecular weight is 332 g/mol. The van der Waals surface area contributed by atoms with Crippen LogP contribution in [0.5, 0.6) is 5.75 Å². The Bertz CT molecular complexity index is 588. The molecule has 0 aliphatic carbocycles. The molecule has 0 aliphatic rings. The summed E-state index contributed by atoms with van der Waals surface area (Å²) < 4.78 is 10.3. The van der Waals surface area contributed by atoms with E-state index in [2.05, 4.69) is 10.1 Å². The van der Waals surface area contributed by atoms with Crippen molar-refractivity contribution >= 4 is 11.9 Å². The van der Waals surface area contributed by atoms with Gasteiger partial charge in [-0.1, -0.05) is 6.42 Å². The minimum absolute atomic E-state index is 0.208. The van der Waals surface area contributed by atoms with Crippen LogP contribution in [0.1, 0.15) is 45.1 Å². The quantitative estimate of drug-likeness (QED) is 0.554. The SMILES string of the molecule is COC(=O)CCCCCNC(=O)C(C)(C)Oc1ccc(C#N)cc1. The van der Waals surface area contributed by atoms with E-state index in [-0.39, 0.29) is 11.9 Å². The zero-order valence-electron chi connectivity index (χ0n) is 14.4. The molecule has 1 N–H and O–H groups in total. The maximum Gasteiger partial charge on any atom is 0.305 e. The van der Waals surface area contributed by atoms with Crippen molar-refractivity contribution in [2.45, 2.75) is 45.1 Å². The number of unbranched alkanes of at least 4 members (excludes halogenated alkanes) is 2. The van der Waals surface area contributed by atoms with E-state index in [1.165, 1.54) is 7.11 Å². The smallest absolute Gasteiger partial charge is 0.305 e. The fourth-order valence-corrected chi connectivity index (χ4v) is 2.03. The van der Waals surface area contributed by atoms with Crippen LogP contribution >= 0.6 is 0 Å². The Balaban J connectivity index is 2.34. The van der Waals surface area contributed by atoms with Gasteiger partial charge in [0.2, 0.25) is 0 Å². The molecule has 0 heterocycles. The molecule has 0 unspecified atom stereocenters. The van der Waals surface area contributed by atoms with Crippen molar-refractivity contribution in [2.24, 2.45) is 0 Å². The second-order valence-corrected chi connectivity index (χ2v) is 5.89. The van der Waals surface area contributed by atoms with Gasteiger partial charge in [-0.25, -0.2) is 0 Å². The first-order valence-electron chi connectivity index (χ1n) is 7.93. The summed E-state index contributed by atoms with van der Waals surface area (Å²) in [6.45, 7) is 3.91. The van der Waals surface area contributed by atoms with Gasteiger partial charge in [0.05, 0.1) is 18.7 Å². The van der Waals surface area contributed by atoms with Crippen molar-refractivity contribution in [1.29, 1.82) is 5.26 Å². The zero-order chi connectivity index (χ0) is 18.0. The molecular formula is C18H24N2O4. The molecule has 6 heteroatoms. The molecule has 24 heavy (non-hydrogen) atoms. The Hall–Kier alpha value is -2.55. The fourth-order valence-electron chi connectivity index (χ4n) is 2.03. The molecule has 0 saturated heterocycles. The number of rotatable bonds is 9. The summed E-state index contributed by atoms with van der Waals surface area (Å²) in [7, 11) is 1.37. The van der Waals surface area contributed by atoms with Gasteiger partial charge in [-0.3, -0.25) is 9.59 Å². The molecule has 0 fully saturated rings. The predicted molar refractivity (Wildman–Crippen MR) is 89.4 cm³/mol. The number of amides is 1. The second kappa shape index (κ2) is 9.56. The molecule has 1 aromatic rings. The average Bonchev–Trinajstić information content (AvgIpc) is 2.57. The summed E-state index contributed by atoms with van der Waals surface area (Å²) in [6.07, 6.45) is 2.77. The van der Waals surface area contributed by atoms with Crippen LogP contribution in [0.25, 0.3) is 0 Å². The highest BCUT2D eigenvalue weighted by atomic mass is 16.5. The molecule has 130 valence electrons. The summed E-state index contributed by atoms with van der Waals surface area (Å²) in [4.78, 5) is 23.2. The third kappa shape index (κ3) is 6.69. The molecular weight excluding hydrogens is 308 g/mol. The van der Waals surface area contributed by atoms with Crippen LogP contribution in [0.4, 0.5) is 0 Å². The first-order valence-corrected chi connectivity index (χ1v) is 7.93. The molecule has 0 bridgehead atoms. The number of nitriles is 1. The molecule has 1 rings (SSSR count). The number of methoxy groups -OCH3 is 1. The van der Waals surface area contributed by atoms with E-state index in [0.717, 1.165) is 19.3 Å². The summed E-state index contributed by atoms with van der Waals surface area (Å²) in [5, 5.41) is 11.6. The third-order valence-corrected chi connectivity index (χ3v) is 3.47. The molecule has 0 spiro atoms. The third-order valence-electron chi connectivity index (χ3n) is 3.47. The molecule has 0 radical (unpaired) electrons. The molecule has 6 nitrogen and oxygen atoms in total. The topological polar surface area (TPSA) is 88.4 Å². The van der Waals surface area contributed by atoms with E-state index in [4.69, 9.17) is 10.00 Å². The molecule has 0 aromatic heterocycles. The number of esters is 1. The molecule has 0 aliphatic heterocycles. The van der Waals surface area contributed by atoms with Crippen molar-refractivity contribution in [3.05, 3.63) is 29.8 Å². The van der Waals surface area contributed by atoms with Gasteiger partial charge in [-0.15, -0.1) is 0 Å². The Labute approximate surface area is 142 Å². The molecule has 1 aromatic carbocycles. The summed E-state index contributed by atoms with van der Waals surface area (Å²) in [6, 6.07) is 8.65. The highest BCUT2D eigenvalue weighted by molar-refractivity contribution is 5.84. The Morgan fingerprint density at radius 2 is 1.83 bits per heavy atom. The van der Waals surface area contributed by atoms with Crippen LogP contribution in [0.2, 0.25) is 0 Å². The second-order valence-electron chi connectivity index (χ2n) is 5.89. The maximum absolute atomic E-state index is 12.2. The lowest BCUT2D eigenvalue weighted by molar-refractivity contribution is -0.140. The lowest BCUT2D eigenvalue weighted by Crippen LogP contribution is -2.46. The van der Waals surface area contributed by atoms with Crippen LogP contribution in [-0.2, 0) is 14.3 Å². The first kappa shape index (κ1) is 19.5. The number of ether oxygens (including phenoxy) is 2. The number of nitrogens with one attached hydrogen (secondary N) is 1. The van der Waals surface area contributed by atoms with E-state index in [9.17, 15) is 9.59 Å². The van der Waals surface area contributed by atoms with Crippen LogP contribution in [0, 0.1) is 11.3 Å². The van der Waals surface area contributed by atoms with Crippen molar-refractivity contribution in [3.8, 4) is 11.8 Å². The standard InChI is InChI=1S/C18H24N2O4/c1-18(2,24-15-10-8-14(13-19)9-11-15)17(22)20-12-6-4-5-7-16(21)23-3/h8-11H,4-7,12H2,1-3H3,(H,20,22). The van der Waals surface area contributed by atoms with Gasteiger partial charge in [0.15, 0.2) is 5.60 Å². The normalized spacial score (nSPS) is 10.6. The van der Waals surface area contributed by atoms with Crippen LogP contribution in [0.15, 0.2) is 24.3 Å². The number of nitrogens with zero attached hydrogens (tertiary/aromatic N) is 1. The Morgan fingerprint density at radius 3 is 2.42 bits per heavy atom. The van der Waals surface area contributed by atoms with Gasteiger partial charge >= 0.3 is 5.97 Å². The van der Waals surface area contributed by atoms with Gasteiger partial charge in [-0.05, 0) is 51.0 Å². The van der Waals surface area contributed by atoms with Crippen molar-refractivity contribution in [2.75, 3.05) is 13.7 Å². The molecule has 0 atom stereocenters. The lowest BCUT2D eigenvalue weighted by atomic mass is 10.1. The minimum Gasteiger partial charge on any atom is -0.478 e. The fraction of sp³-hybridized carbons (Fsp3) is 0.500. The highest BCUT2D eigenvalue weighted by Crippen LogP contribution is 2.19. The highest BCUT2D eigenvalue weighted by Gasteiger charge is 2.29. The summed E-state index contributed by atoms with van der Waals surface area (Å²) >= 11 is 0. The van der Waals surface area contributed by atoms with E-state index in [1.54, 1.807) is 38.1 Å². The van der Waals surface area contributed by atoms with Crippen molar-refractivity contribution in [3.63, 3.8) is 0 Å². The number of hydrogen-bond acceptors (Lipinski definition) is 5. The first-order chi connectivity index (χ1) is 11.4. The summed E-state index contributed by atoms with van der Waals surface area (Å²) in [5.74, 6) is 0.114. The van der Waals surface area contributed by atoms with Gasteiger partial charge in [-0.2, -0.15) is 5.26 Å². The Morgan fingerprint density at radius 1 is 1.17 bits per heavy atom. The minimum atomic E-state index is -1.01. The van der Waals surface area contributed by atoms with E-state index < -0.39 is 5.60 Å². The van der Waals surface area contributed by atoms with Gasteiger partial charge in [0.25, 0.3) is 5.91 Å². The monoisotopic (exact) mass is 332 g/mol. The van der Waals surface area contributed by atoms with E-state index in [1.807, 2.05) is 6.07 Å². The number of benzene rings is 1. The van der Waals surface area contributed by atoms with Crippen molar-refractivity contribution < 1.29 is 19.1 Å². The molecule has 0 saturated carbocycles. The Kier molecular flexibility index (Phi) is 7.76. The number of hydrogen-bond donors (Lipinski definition) is 1.